The average Bonchev–Trinajstić information content (AvgIpc) is 2.62. The maximum Gasteiger partial charge on any atom is 0.270 e. The normalized spacial score (nSPS) is 14.2. The number of non-ortho nitro benzene ring substituents is 1. The van der Waals surface area contributed by atoms with Gasteiger partial charge < -0.3 is 15.0 Å². The van der Waals surface area contributed by atoms with Gasteiger partial charge in [0.2, 0.25) is 0 Å². The topological polar surface area (TPSA) is 84.7 Å². The van der Waals surface area contributed by atoms with Gasteiger partial charge >= 0.3 is 0 Å². The van der Waals surface area contributed by atoms with Crippen LogP contribution in [0.15, 0.2) is 42.5 Å². The van der Waals surface area contributed by atoms with Crippen molar-refractivity contribution in [2.45, 2.75) is 0 Å². The van der Waals surface area contributed by atoms with Gasteiger partial charge in [-0.15, -0.1) is 0 Å². The predicted octanol–water partition coefficient (Wildman–Crippen LogP) is 2.82. The summed E-state index contributed by atoms with van der Waals surface area (Å²) >= 11 is 0. The number of amides is 1. The first-order chi connectivity index (χ1) is 12.0. The first-order valence-electron chi connectivity index (χ1n) is 7.72. The second-order valence-electron chi connectivity index (χ2n) is 5.52. The molecule has 1 saturated heterocycles. The van der Waals surface area contributed by atoms with Crippen molar-refractivity contribution in [1.29, 1.82) is 0 Å². The van der Waals surface area contributed by atoms with Crippen molar-refractivity contribution >= 4 is 23.0 Å². The third-order valence-electron chi connectivity index (χ3n) is 3.87. The zero-order valence-corrected chi connectivity index (χ0v) is 13.3. The molecule has 0 saturated carbocycles. The van der Waals surface area contributed by atoms with Crippen molar-refractivity contribution in [3.8, 4) is 0 Å². The number of morpholine rings is 1. The molecule has 0 radical (unpaired) electrons. The second kappa shape index (κ2) is 7.27. The van der Waals surface area contributed by atoms with E-state index in [4.69, 9.17) is 4.74 Å². The van der Waals surface area contributed by atoms with Gasteiger partial charge in [-0.25, -0.2) is 4.39 Å². The molecule has 2 aromatic rings. The van der Waals surface area contributed by atoms with Crippen molar-refractivity contribution in [1.82, 2.24) is 0 Å². The fourth-order valence-electron chi connectivity index (χ4n) is 2.66. The Bertz CT molecular complexity index is 806. The van der Waals surface area contributed by atoms with Gasteiger partial charge in [0.1, 0.15) is 5.82 Å². The Labute approximate surface area is 143 Å². The van der Waals surface area contributed by atoms with E-state index in [9.17, 15) is 19.3 Å². The van der Waals surface area contributed by atoms with Crippen LogP contribution in [0.1, 0.15) is 10.4 Å². The van der Waals surface area contributed by atoms with Crippen LogP contribution in [0.5, 0.6) is 0 Å². The second-order valence-corrected chi connectivity index (χ2v) is 5.52. The third-order valence-corrected chi connectivity index (χ3v) is 3.87. The number of nitro groups is 1. The SMILES string of the molecule is O=C(Nc1cccc(F)c1)c1cc([N+](=O)[O-])ccc1N1CCOCC1. The van der Waals surface area contributed by atoms with E-state index in [0.717, 1.165) is 0 Å². The minimum Gasteiger partial charge on any atom is -0.378 e. The summed E-state index contributed by atoms with van der Waals surface area (Å²) in [6, 6.07) is 9.63. The van der Waals surface area contributed by atoms with Crippen LogP contribution in [0.25, 0.3) is 0 Å². The molecule has 25 heavy (non-hydrogen) atoms. The minimum atomic E-state index is -0.554. The quantitative estimate of drug-likeness (QED) is 0.680. The van der Waals surface area contributed by atoms with Gasteiger partial charge in [0.15, 0.2) is 0 Å². The number of anilines is 2. The van der Waals surface area contributed by atoms with Crippen molar-refractivity contribution in [2.75, 3.05) is 36.5 Å². The lowest BCUT2D eigenvalue weighted by molar-refractivity contribution is -0.384. The van der Waals surface area contributed by atoms with Crippen LogP contribution in [-0.4, -0.2) is 37.1 Å². The molecule has 0 bridgehead atoms. The summed E-state index contributed by atoms with van der Waals surface area (Å²) in [6.45, 7) is 2.19. The number of nitrogens with zero attached hydrogens (tertiary/aromatic N) is 2. The number of nitrogens with one attached hydrogen (secondary N) is 1. The Kier molecular flexibility index (Phi) is 4.90. The number of hydrogen-bond acceptors (Lipinski definition) is 5. The molecular formula is C17H16FN3O4. The van der Waals surface area contributed by atoms with Crippen LogP contribution in [0.2, 0.25) is 0 Å². The van der Waals surface area contributed by atoms with E-state index in [1.165, 1.54) is 30.3 Å². The van der Waals surface area contributed by atoms with E-state index in [1.807, 2.05) is 4.90 Å². The molecule has 1 fully saturated rings. The number of nitro benzene ring substituents is 1. The summed E-state index contributed by atoms with van der Waals surface area (Å²) in [5, 5.41) is 13.6. The van der Waals surface area contributed by atoms with Crippen LogP contribution in [0.3, 0.4) is 0 Å². The van der Waals surface area contributed by atoms with Crippen LogP contribution >= 0.6 is 0 Å². The first kappa shape index (κ1) is 16.8. The monoisotopic (exact) mass is 345 g/mol. The van der Waals surface area contributed by atoms with Crippen molar-refractivity contribution in [2.24, 2.45) is 0 Å². The van der Waals surface area contributed by atoms with Gasteiger partial charge in [-0.2, -0.15) is 0 Å². The van der Waals surface area contributed by atoms with E-state index in [1.54, 1.807) is 12.1 Å². The molecule has 2 aromatic carbocycles. The van der Waals surface area contributed by atoms with Gasteiger partial charge in [-0.3, -0.25) is 14.9 Å². The van der Waals surface area contributed by atoms with Crippen molar-refractivity contribution < 1.29 is 18.8 Å². The summed E-state index contributed by atoms with van der Waals surface area (Å²) in [5.74, 6) is -1.01. The largest absolute Gasteiger partial charge is 0.378 e. The van der Waals surface area contributed by atoms with Gasteiger partial charge in [0.25, 0.3) is 11.6 Å². The lowest BCUT2D eigenvalue weighted by Crippen LogP contribution is -2.37. The number of ether oxygens (including phenoxy) is 1. The fraction of sp³-hybridized carbons (Fsp3) is 0.235. The molecule has 7 nitrogen and oxygen atoms in total. The molecule has 0 spiro atoms. The van der Waals surface area contributed by atoms with Crippen molar-refractivity contribution in [3.63, 3.8) is 0 Å². The zero-order chi connectivity index (χ0) is 17.8. The molecule has 8 heteroatoms. The van der Waals surface area contributed by atoms with Gasteiger partial charge in [-0.1, -0.05) is 6.07 Å². The maximum atomic E-state index is 13.3. The van der Waals surface area contributed by atoms with Crippen LogP contribution < -0.4 is 10.2 Å². The highest BCUT2D eigenvalue weighted by atomic mass is 19.1. The van der Waals surface area contributed by atoms with Crippen LogP contribution in [-0.2, 0) is 4.74 Å². The smallest absolute Gasteiger partial charge is 0.270 e. The zero-order valence-electron chi connectivity index (χ0n) is 13.3. The average molecular weight is 345 g/mol. The van der Waals surface area contributed by atoms with Crippen LogP contribution in [0, 0.1) is 15.9 Å². The molecule has 0 aliphatic carbocycles. The molecule has 1 heterocycles. The molecule has 1 aliphatic heterocycles. The van der Waals surface area contributed by atoms with Crippen molar-refractivity contribution in [3.05, 3.63) is 64.0 Å². The van der Waals surface area contributed by atoms with Crippen LogP contribution in [0.4, 0.5) is 21.5 Å². The summed E-state index contributed by atoms with van der Waals surface area (Å²) in [5.41, 5.74) is 0.856. The summed E-state index contributed by atoms with van der Waals surface area (Å²) in [4.78, 5) is 25.1. The first-order valence-corrected chi connectivity index (χ1v) is 7.72. The molecule has 0 aromatic heterocycles. The van der Waals surface area contributed by atoms with Gasteiger partial charge in [-0.05, 0) is 24.3 Å². The molecular weight excluding hydrogens is 329 g/mol. The third kappa shape index (κ3) is 3.92. The number of carbonyl (C=O) groups is 1. The number of carbonyl (C=O) groups excluding carboxylic acids is 1. The summed E-state index contributed by atoms with van der Waals surface area (Å²) < 4.78 is 18.6. The standard InChI is InChI=1S/C17H16FN3O4/c18-12-2-1-3-13(10-12)19-17(22)15-11-14(21(23)24)4-5-16(15)20-6-8-25-9-7-20/h1-5,10-11H,6-9H2,(H,19,22). The number of halogens is 1. The lowest BCUT2D eigenvalue weighted by atomic mass is 10.1. The molecule has 1 N–H and O–H groups in total. The Hall–Kier alpha value is -3.00. The fourth-order valence-corrected chi connectivity index (χ4v) is 2.66. The molecule has 1 aliphatic rings. The number of benzene rings is 2. The number of hydrogen-bond donors (Lipinski definition) is 1. The Morgan fingerprint density at radius 3 is 2.64 bits per heavy atom. The summed E-state index contributed by atoms with van der Waals surface area (Å²) in [7, 11) is 0. The predicted molar refractivity (Wildman–Crippen MR) is 90.5 cm³/mol. The number of rotatable bonds is 4. The van der Waals surface area contributed by atoms with E-state index in [-0.39, 0.29) is 16.9 Å². The molecule has 130 valence electrons. The van der Waals surface area contributed by atoms with E-state index >= 15 is 0 Å². The Balaban J connectivity index is 1.94. The van der Waals surface area contributed by atoms with Gasteiger partial charge in [0.05, 0.1) is 29.4 Å². The molecule has 1 amide bonds. The van der Waals surface area contributed by atoms with E-state index < -0.39 is 16.6 Å². The van der Waals surface area contributed by atoms with E-state index in [2.05, 4.69) is 5.32 Å². The Morgan fingerprint density at radius 2 is 1.96 bits per heavy atom. The van der Waals surface area contributed by atoms with Gasteiger partial charge in [0, 0.05) is 30.9 Å². The highest BCUT2D eigenvalue weighted by Crippen LogP contribution is 2.27. The summed E-state index contributed by atoms with van der Waals surface area (Å²) in [6.07, 6.45) is 0. The highest BCUT2D eigenvalue weighted by molar-refractivity contribution is 6.08. The minimum absolute atomic E-state index is 0.167. The maximum absolute atomic E-state index is 13.3. The molecule has 0 atom stereocenters. The molecule has 3 rings (SSSR count). The Morgan fingerprint density at radius 1 is 1.20 bits per heavy atom. The lowest BCUT2D eigenvalue weighted by Gasteiger charge is -2.30. The highest BCUT2D eigenvalue weighted by Gasteiger charge is 2.22. The molecule has 0 unspecified atom stereocenters. The van der Waals surface area contributed by atoms with E-state index in [0.29, 0.717) is 32.0 Å².